The van der Waals surface area contributed by atoms with Gasteiger partial charge in [-0.2, -0.15) is 0 Å². The molecule has 4 aromatic rings. The summed E-state index contributed by atoms with van der Waals surface area (Å²) < 4.78 is 25.0. The number of amides is 1. The summed E-state index contributed by atoms with van der Waals surface area (Å²) in [5.74, 6) is -0.0296. The molecule has 0 radical (unpaired) electrons. The lowest BCUT2D eigenvalue weighted by Crippen LogP contribution is -2.31. The molecular weight excluding hydrogens is 448 g/mol. The largest absolute Gasteiger partial charge is 0.384 e. The van der Waals surface area contributed by atoms with Gasteiger partial charge in [0.25, 0.3) is 5.91 Å². The zero-order valence-electron chi connectivity index (χ0n) is 17.1. The Morgan fingerprint density at radius 2 is 1.88 bits per heavy atom. The third-order valence-electron chi connectivity index (χ3n) is 4.88. The monoisotopic (exact) mass is 466 g/mol. The SMILES string of the molecule is CS(=O)(=O)c1ccc(Cl)cc1N(Cc1ccc2ccc(N)nc2c1)C(=O)c1cccnc1. The van der Waals surface area contributed by atoms with E-state index in [1.54, 1.807) is 24.4 Å². The summed E-state index contributed by atoms with van der Waals surface area (Å²) in [5.41, 5.74) is 7.73. The van der Waals surface area contributed by atoms with Gasteiger partial charge in [-0.15, -0.1) is 0 Å². The minimum Gasteiger partial charge on any atom is -0.384 e. The van der Waals surface area contributed by atoms with Crippen LogP contribution >= 0.6 is 11.6 Å². The summed E-state index contributed by atoms with van der Waals surface area (Å²) in [6, 6.07) is 16.7. The lowest BCUT2D eigenvalue weighted by Gasteiger charge is -2.25. The zero-order valence-corrected chi connectivity index (χ0v) is 18.6. The van der Waals surface area contributed by atoms with Crippen LogP contribution in [0.4, 0.5) is 11.5 Å². The van der Waals surface area contributed by atoms with E-state index >= 15 is 0 Å². The quantitative estimate of drug-likeness (QED) is 0.474. The Morgan fingerprint density at radius 3 is 2.59 bits per heavy atom. The molecule has 0 atom stereocenters. The second kappa shape index (κ2) is 8.57. The Balaban J connectivity index is 1.86. The molecule has 0 saturated heterocycles. The third kappa shape index (κ3) is 4.56. The molecule has 0 fully saturated rings. The number of sulfone groups is 1. The fraction of sp³-hybridized carbons (Fsp3) is 0.0870. The number of pyridine rings is 2. The van der Waals surface area contributed by atoms with Gasteiger partial charge < -0.3 is 10.6 Å². The van der Waals surface area contributed by atoms with Crippen LogP contribution in [-0.4, -0.2) is 30.5 Å². The number of aromatic nitrogens is 2. The van der Waals surface area contributed by atoms with E-state index in [1.165, 1.54) is 29.3 Å². The summed E-state index contributed by atoms with van der Waals surface area (Å²) in [6.07, 6.45) is 4.08. The molecule has 1 amide bonds. The highest BCUT2D eigenvalue weighted by Gasteiger charge is 2.25. The number of carbonyl (C=O) groups is 1. The second-order valence-corrected chi connectivity index (χ2v) is 9.70. The summed E-state index contributed by atoms with van der Waals surface area (Å²) in [5, 5.41) is 1.21. The zero-order chi connectivity index (χ0) is 22.9. The molecule has 2 aromatic carbocycles. The van der Waals surface area contributed by atoms with Crippen molar-refractivity contribution in [3.8, 4) is 0 Å². The number of hydrogen-bond donors (Lipinski definition) is 1. The van der Waals surface area contributed by atoms with E-state index in [0.29, 0.717) is 21.9 Å². The number of nitrogen functional groups attached to an aromatic ring is 1. The maximum atomic E-state index is 13.5. The van der Waals surface area contributed by atoms with E-state index in [9.17, 15) is 13.2 Å². The number of carbonyl (C=O) groups excluding carboxylic acids is 1. The van der Waals surface area contributed by atoms with Crippen molar-refractivity contribution in [3.63, 3.8) is 0 Å². The standard InChI is InChI=1S/C23H19ClN4O3S/c1-32(30,31)21-8-7-18(24)12-20(21)28(23(29)17-3-2-10-26-13-17)14-15-4-5-16-6-9-22(25)27-19(16)11-15/h2-13H,14H2,1H3,(H2,25,27). The molecule has 7 nitrogen and oxygen atoms in total. The fourth-order valence-electron chi connectivity index (χ4n) is 3.39. The van der Waals surface area contributed by atoms with Gasteiger partial charge in [0.2, 0.25) is 0 Å². The highest BCUT2D eigenvalue weighted by molar-refractivity contribution is 7.90. The van der Waals surface area contributed by atoms with Crippen molar-refractivity contribution in [3.05, 3.63) is 89.2 Å². The predicted molar refractivity (Wildman–Crippen MR) is 125 cm³/mol. The smallest absolute Gasteiger partial charge is 0.260 e. The van der Waals surface area contributed by atoms with E-state index in [2.05, 4.69) is 9.97 Å². The second-order valence-electron chi connectivity index (χ2n) is 7.28. The highest BCUT2D eigenvalue weighted by Crippen LogP contribution is 2.31. The lowest BCUT2D eigenvalue weighted by atomic mass is 10.1. The van der Waals surface area contributed by atoms with Gasteiger partial charge in [-0.1, -0.05) is 23.7 Å². The number of benzene rings is 2. The van der Waals surface area contributed by atoms with E-state index in [-0.39, 0.29) is 17.1 Å². The minimum atomic E-state index is -3.64. The number of hydrogen-bond acceptors (Lipinski definition) is 6. The molecule has 2 heterocycles. The molecule has 0 aliphatic rings. The van der Waals surface area contributed by atoms with Crippen molar-refractivity contribution < 1.29 is 13.2 Å². The van der Waals surface area contributed by atoms with Crippen LogP contribution in [0.2, 0.25) is 5.02 Å². The van der Waals surface area contributed by atoms with Crippen molar-refractivity contribution in [1.29, 1.82) is 0 Å². The maximum Gasteiger partial charge on any atom is 0.260 e. The molecule has 162 valence electrons. The average molecular weight is 467 g/mol. The van der Waals surface area contributed by atoms with Crippen molar-refractivity contribution in [1.82, 2.24) is 9.97 Å². The first-order chi connectivity index (χ1) is 15.2. The van der Waals surface area contributed by atoms with Crippen LogP contribution in [0.15, 0.2) is 78.0 Å². The number of halogens is 1. The molecule has 9 heteroatoms. The molecule has 2 aromatic heterocycles. The first kappa shape index (κ1) is 21.7. The van der Waals surface area contributed by atoms with Crippen LogP contribution in [0.25, 0.3) is 10.9 Å². The van der Waals surface area contributed by atoms with Gasteiger partial charge in [0.05, 0.1) is 28.2 Å². The van der Waals surface area contributed by atoms with Crippen molar-refractivity contribution in [2.45, 2.75) is 11.4 Å². The van der Waals surface area contributed by atoms with Crippen molar-refractivity contribution in [2.75, 3.05) is 16.9 Å². The molecule has 2 N–H and O–H groups in total. The molecule has 0 bridgehead atoms. The lowest BCUT2D eigenvalue weighted by molar-refractivity contribution is 0.0984. The molecular formula is C23H19ClN4O3S. The van der Waals surface area contributed by atoms with Gasteiger partial charge in [0, 0.05) is 29.1 Å². The summed E-state index contributed by atoms with van der Waals surface area (Å²) in [7, 11) is -3.64. The van der Waals surface area contributed by atoms with Crippen molar-refractivity contribution in [2.24, 2.45) is 0 Å². The summed E-state index contributed by atoms with van der Waals surface area (Å²) in [6.45, 7) is 0.0863. The molecule has 0 spiro atoms. The topological polar surface area (TPSA) is 106 Å². The Bertz CT molecular complexity index is 1430. The molecule has 32 heavy (non-hydrogen) atoms. The highest BCUT2D eigenvalue weighted by atomic mass is 35.5. The van der Waals surface area contributed by atoms with E-state index in [4.69, 9.17) is 17.3 Å². The number of nitrogens with zero attached hydrogens (tertiary/aromatic N) is 3. The Kier molecular flexibility index (Phi) is 5.82. The Morgan fingerprint density at radius 1 is 1.09 bits per heavy atom. The van der Waals surface area contributed by atoms with Gasteiger partial charge >= 0.3 is 0 Å². The van der Waals surface area contributed by atoms with Crippen LogP contribution in [0, 0.1) is 0 Å². The molecule has 4 rings (SSSR count). The van der Waals surface area contributed by atoms with Crippen molar-refractivity contribution >= 4 is 49.8 Å². The normalized spacial score (nSPS) is 11.4. The van der Waals surface area contributed by atoms with Crippen LogP contribution in [0.3, 0.4) is 0 Å². The van der Waals surface area contributed by atoms with Crippen LogP contribution in [0.1, 0.15) is 15.9 Å². The minimum absolute atomic E-state index is 0.00213. The van der Waals surface area contributed by atoms with Gasteiger partial charge in [-0.25, -0.2) is 13.4 Å². The predicted octanol–water partition coefficient (Wildman–Crippen LogP) is 4.12. The first-order valence-electron chi connectivity index (χ1n) is 9.59. The Labute approximate surface area is 190 Å². The summed E-state index contributed by atoms with van der Waals surface area (Å²) in [4.78, 5) is 23.2. The van der Waals surface area contributed by atoms with Crippen LogP contribution in [0.5, 0.6) is 0 Å². The number of nitrogens with two attached hydrogens (primary N) is 1. The fourth-order valence-corrected chi connectivity index (χ4v) is 4.42. The molecule has 0 unspecified atom stereocenters. The van der Waals surface area contributed by atoms with Gasteiger partial charge in [0.15, 0.2) is 9.84 Å². The van der Waals surface area contributed by atoms with Gasteiger partial charge in [-0.3, -0.25) is 9.78 Å². The van der Waals surface area contributed by atoms with Gasteiger partial charge in [0.1, 0.15) is 5.82 Å². The molecule has 0 saturated carbocycles. The Hall–Kier alpha value is -3.49. The third-order valence-corrected chi connectivity index (χ3v) is 6.26. The van der Waals surface area contributed by atoms with Crippen LogP contribution < -0.4 is 10.6 Å². The molecule has 0 aliphatic carbocycles. The van der Waals surface area contributed by atoms with E-state index in [0.717, 1.165) is 17.2 Å². The summed E-state index contributed by atoms with van der Waals surface area (Å²) >= 11 is 6.19. The average Bonchev–Trinajstić information content (AvgIpc) is 2.76. The molecule has 0 aliphatic heterocycles. The first-order valence-corrected chi connectivity index (χ1v) is 11.9. The van der Waals surface area contributed by atoms with Crippen LogP contribution in [-0.2, 0) is 16.4 Å². The number of anilines is 2. The van der Waals surface area contributed by atoms with E-state index < -0.39 is 15.7 Å². The van der Waals surface area contributed by atoms with E-state index in [1.807, 2.05) is 24.3 Å². The number of fused-ring (bicyclic) bond motifs is 1. The maximum absolute atomic E-state index is 13.5. The van der Waals surface area contributed by atoms with Gasteiger partial charge in [-0.05, 0) is 54.1 Å². The number of rotatable bonds is 5.